The van der Waals surface area contributed by atoms with E-state index in [9.17, 15) is 0 Å². The third-order valence-corrected chi connectivity index (χ3v) is 1.35. The van der Waals surface area contributed by atoms with Crippen molar-refractivity contribution in [2.75, 3.05) is 7.11 Å². The molecule has 1 N–H and O–H groups in total. The van der Waals surface area contributed by atoms with Crippen LogP contribution >= 0.6 is 0 Å². The van der Waals surface area contributed by atoms with Gasteiger partial charge in [-0.3, -0.25) is 0 Å². The van der Waals surface area contributed by atoms with Gasteiger partial charge in [0.25, 0.3) is 0 Å². The third-order valence-electron chi connectivity index (χ3n) is 1.35. The molecule has 0 heterocycles. The fourth-order valence-electron chi connectivity index (χ4n) is 0.288. The normalized spacial score (nSPS) is 16.1. The zero-order valence-corrected chi connectivity index (χ0v) is 5.93. The molecule has 0 amide bonds. The third kappa shape index (κ3) is 2.28. The molecule has 1 atom stereocenters. The molecule has 0 fully saturated rings. The van der Waals surface area contributed by atoms with E-state index in [0.717, 1.165) is 0 Å². The van der Waals surface area contributed by atoms with Crippen molar-refractivity contribution in [3.63, 3.8) is 0 Å². The lowest BCUT2D eigenvalue weighted by Crippen LogP contribution is -2.34. The first kappa shape index (κ1) is 7.92. The molecular weight excluding hydrogens is 104 g/mol. The topological polar surface area (TPSA) is 29.5 Å². The van der Waals surface area contributed by atoms with E-state index in [1.54, 1.807) is 21.0 Å². The van der Waals surface area contributed by atoms with E-state index in [-0.39, 0.29) is 6.10 Å². The number of methoxy groups -OCH3 is 1. The molecule has 0 spiro atoms. The second-order valence-electron chi connectivity index (χ2n) is 2.53. The molecule has 0 aliphatic rings. The van der Waals surface area contributed by atoms with Crippen molar-refractivity contribution < 1.29 is 9.84 Å². The SMILES string of the molecule is CO[C@H](C)C(C)(C)O. The number of rotatable bonds is 2. The average Bonchev–Trinajstić information content (AvgIpc) is 1.62. The molecule has 0 aromatic carbocycles. The van der Waals surface area contributed by atoms with Crippen molar-refractivity contribution >= 4 is 0 Å². The van der Waals surface area contributed by atoms with E-state index in [2.05, 4.69) is 0 Å². The van der Waals surface area contributed by atoms with E-state index >= 15 is 0 Å². The lowest BCUT2D eigenvalue weighted by molar-refractivity contribution is -0.0595. The van der Waals surface area contributed by atoms with E-state index in [1.807, 2.05) is 6.92 Å². The second-order valence-corrected chi connectivity index (χ2v) is 2.53. The largest absolute Gasteiger partial charge is 0.388 e. The Morgan fingerprint density at radius 3 is 1.88 bits per heavy atom. The lowest BCUT2D eigenvalue weighted by atomic mass is 10.0. The Kier molecular flexibility index (Phi) is 2.44. The molecule has 8 heavy (non-hydrogen) atoms. The summed E-state index contributed by atoms with van der Waals surface area (Å²) in [5.41, 5.74) is -0.714. The van der Waals surface area contributed by atoms with Crippen molar-refractivity contribution in [1.82, 2.24) is 0 Å². The highest BCUT2D eigenvalue weighted by Crippen LogP contribution is 2.09. The quantitative estimate of drug-likeness (QED) is 0.581. The number of ether oxygens (including phenoxy) is 1. The summed E-state index contributed by atoms with van der Waals surface area (Å²) in [6.07, 6.45) is -0.0949. The van der Waals surface area contributed by atoms with Gasteiger partial charge < -0.3 is 9.84 Å². The first-order valence-electron chi connectivity index (χ1n) is 2.73. The van der Waals surface area contributed by atoms with Gasteiger partial charge in [-0.15, -0.1) is 0 Å². The summed E-state index contributed by atoms with van der Waals surface area (Å²) in [7, 11) is 1.59. The molecular formula is C6H14O2. The summed E-state index contributed by atoms with van der Waals surface area (Å²) < 4.78 is 4.86. The summed E-state index contributed by atoms with van der Waals surface area (Å²) in [6, 6.07) is 0. The highest BCUT2D eigenvalue weighted by Gasteiger charge is 2.20. The molecule has 2 heteroatoms. The van der Waals surface area contributed by atoms with Gasteiger partial charge >= 0.3 is 0 Å². The summed E-state index contributed by atoms with van der Waals surface area (Å²) in [5.74, 6) is 0. The molecule has 50 valence electrons. The predicted molar refractivity (Wildman–Crippen MR) is 32.8 cm³/mol. The minimum absolute atomic E-state index is 0.0949. The van der Waals surface area contributed by atoms with Crippen LogP contribution in [0.4, 0.5) is 0 Å². The van der Waals surface area contributed by atoms with Gasteiger partial charge in [0.2, 0.25) is 0 Å². The summed E-state index contributed by atoms with van der Waals surface area (Å²) in [4.78, 5) is 0. The molecule has 2 nitrogen and oxygen atoms in total. The maximum Gasteiger partial charge on any atom is 0.0849 e. The molecule has 0 aromatic heterocycles. The summed E-state index contributed by atoms with van der Waals surface area (Å²) >= 11 is 0. The molecule has 0 saturated heterocycles. The van der Waals surface area contributed by atoms with Crippen LogP contribution in [0.15, 0.2) is 0 Å². The van der Waals surface area contributed by atoms with Gasteiger partial charge in [-0.05, 0) is 20.8 Å². The highest BCUT2D eigenvalue weighted by molar-refractivity contribution is 4.72. The van der Waals surface area contributed by atoms with Crippen molar-refractivity contribution in [2.45, 2.75) is 32.5 Å². The smallest absolute Gasteiger partial charge is 0.0849 e. The van der Waals surface area contributed by atoms with Crippen molar-refractivity contribution in [1.29, 1.82) is 0 Å². The van der Waals surface area contributed by atoms with Crippen LogP contribution in [-0.4, -0.2) is 23.9 Å². The number of aliphatic hydroxyl groups is 1. The van der Waals surface area contributed by atoms with Crippen LogP contribution < -0.4 is 0 Å². The van der Waals surface area contributed by atoms with Crippen molar-refractivity contribution in [2.24, 2.45) is 0 Å². The molecule has 0 rings (SSSR count). The van der Waals surface area contributed by atoms with Crippen LogP contribution in [0, 0.1) is 0 Å². The lowest BCUT2D eigenvalue weighted by Gasteiger charge is -2.23. The zero-order valence-electron chi connectivity index (χ0n) is 5.93. The molecule has 0 unspecified atom stereocenters. The van der Waals surface area contributed by atoms with E-state index in [0.29, 0.717) is 0 Å². The van der Waals surface area contributed by atoms with Gasteiger partial charge in [0.05, 0.1) is 11.7 Å². The minimum Gasteiger partial charge on any atom is -0.388 e. The Morgan fingerprint density at radius 2 is 1.88 bits per heavy atom. The van der Waals surface area contributed by atoms with E-state index in [4.69, 9.17) is 9.84 Å². The van der Waals surface area contributed by atoms with Gasteiger partial charge in [0.15, 0.2) is 0 Å². The van der Waals surface area contributed by atoms with Crippen LogP contribution in [0.25, 0.3) is 0 Å². The molecule has 0 aliphatic carbocycles. The monoisotopic (exact) mass is 118 g/mol. The van der Waals surface area contributed by atoms with E-state index in [1.165, 1.54) is 0 Å². The zero-order chi connectivity index (χ0) is 6.78. The number of hydrogen-bond acceptors (Lipinski definition) is 2. The van der Waals surface area contributed by atoms with Crippen LogP contribution in [-0.2, 0) is 4.74 Å². The Labute approximate surface area is 50.5 Å². The fraction of sp³-hybridized carbons (Fsp3) is 1.00. The maximum absolute atomic E-state index is 9.16. The van der Waals surface area contributed by atoms with Crippen molar-refractivity contribution in [3.8, 4) is 0 Å². The van der Waals surface area contributed by atoms with Gasteiger partial charge in [0, 0.05) is 7.11 Å². The highest BCUT2D eigenvalue weighted by atomic mass is 16.5. The molecule has 0 aromatic rings. The van der Waals surface area contributed by atoms with Crippen LogP contribution in [0.1, 0.15) is 20.8 Å². The fourth-order valence-corrected chi connectivity index (χ4v) is 0.288. The summed E-state index contributed by atoms with van der Waals surface area (Å²) in [6.45, 7) is 5.28. The molecule has 0 bridgehead atoms. The summed E-state index contributed by atoms with van der Waals surface area (Å²) in [5, 5.41) is 9.16. The number of hydrogen-bond donors (Lipinski definition) is 1. The van der Waals surface area contributed by atoms with Crippen molar-refractivity contribution in [3.05, 3.63) is 0 Å². The second kappa shape index (κ2) is 2.46. The Balaban J connectivity index is 3.62. The molecule has 0 saturated carbocycles. The Morgan fingerprint density at radius 1 is 1.50 bits per heavy atom. The van der Waals surface area contributed by atoms with Crippen LogP contribution in [0.2, 0.25) is 0 Å². The Bertz CT molecular complexity index is 63.4. The predicted octanol–water partition coefficient (Wildman–Crippen LogP) is 0.792. The minimum atomic E-state index is -0.714. The van der Waals surface area contributed by atoms with Crippen LogP contribution in [0.3, 0.4) is 0 Å². The van der Waals surface area contributed by atoms with Crippen LogP contribution in [0.5, 0.6) is 0 Å². The van der Waals surface area contributed by atoms with Gasteiger partial charge in [0.1, 0.15) is 0 Å². The standard InChI is InChI=1S/C6H14O2/c1-5(8-4)6(2,3)7/h5,7H,1-4H3/t5-/m1/s1. The Hall–Kier alpha value is -0.0800. The average molecular weight is 118 g/mol. The van der Waals surface area contributed by atoms with Gasteiger partial charge in [-0.2, -0.15) is 0 Å². The van der Waals surface area contributed by atoms with Gasteiger partial charge in [-0.1, -0.05) is 0 Å². The van der Waals surface area contributed by atoms with E-state index < -0.39 is 5.60 Å². The molecule has 0 aliphatic heterocycles. The maximum atomic E-state index is 9.16. The first-order valence-corrected chi connectivity index (χ1v) is 2.73. The first-order chi connectivity index (χ1) is 3.48. The van der Waals surface area contributed by atoms with Gasteiger partial charge in [-0.25, -0.2) is 0 Å². The molecule has 0 radical (unpaired) electrons.